The van der Waals surface area contributed by atoms with Gasteiger partial charge in [-0.3, -0.25) is 0 Å². The van der Waals surface area contributed by atoms with Crippen molar-refractivity contribution in [2.45, 2.75) is 37.7 Å². The number of nitrogens with zero attached hydrogens (tertiary/aromatic N) is 3. The van der Waals surface area contributed by atoms with Gasteiger partial charge in [0.05, 0.1) is 16.4 Å². The van der Waals surface area contributed by atoms with Crippen LogP contribution in [0.5, 0.6) is 0 Å². The van der Waals surface area contributed by atoms with E-state index >= 15 is 0 Å². The number of likely N-dealkylation sites (N-methyl/N-ethyl adjacent to an activating group) is 1. The van der Waals surface area contributed by atoms with E-state index in [1.165, 1.54) is 12.8 Å². The molecule has 5 heteroatoms. The van der Waals surface area contributed by atoms with Gasteiger partial charge in [-0.05, 0) is 45.0 Å². The predicted octanol–water partition coefficient (Wildman–Crippen LogP) is 4.08. The van der Waals surface area contributed by atoms with Gasteiger partial charge in [0, 0.05) is 24.2 Å². The zero-order chi connectivity index (χ0) is 14.3. The van der Waals surface area contributed by atoms with Gasteiger partial charge >= 0.3 is 0 Å². The standard InChI is InChI=1S/C15H19Cl2N3/c1-10(16)15-18-13-9-11(17)3-6-14(13)20(15)8-7-19(2)12-4-5-12/h3,6,9-10,12H,4-5,7-8H2,1-2H3. The Labute approximate surface area is 129 Å². The summed E-state index contributed by atoms with van der Waals surface area (Å²) in [5, 5.41) is 0.610. The van der Waals surface area contributed by atoms with Gasteiger partial charge in [-0.25, -0.2) is 4.98 Å². The number of imidazole rings is 1. The Hall–Kier alpha value is -0.770. The lowest BCUT2D eigenvalue weighted by Gasteiger charge is -2.18. The number of benzene rings is 1. The van der Waals surface area contributed by atoms with Crippen molar-refractivity contribution in [3.63, 3.8) is 0 Å². The molecule has 0 bridgehead atoms. The smallest absolute Gasteiger partial charge is 0.127 e. The third-order valence-electron chi connectivity index (χ3n) is 3.94. The number of rotatable bonds is 5. The Morgan fingerprint density at radius 1 is 1.45 bits per heavy atom. The molecule has 0 spiro atoms. The summed E-state index contributed by atoms with van der Waals surface area (Å²) in [7, 11) is 2.19. The van der Waals surface area contributed by atoms with Crippen molar-refractivity contribution >= 4 is 34.2 Å². The fraction of sp³-hybridized carbons (Fsp3) is 0.533. The molecule has 1 unspecified atom stereocenters. The number of aromatic nitrogens is 2. The van der Waals surface area contributed by atoms with Crippen molar-refractivity contribution in [2.24, 2.45) is 0 Å². The van der Waals surface area contributed by atoms with Crippen LogP contribution in [0.25, 0.3) is 11.0 Å². The number of halogens is 2. The van der Waals surface area contributed by atoms with Crippen LogP contribution in [0.3, 0.4) is 0 Å². The number of hydrogen-bond donors (Lipinski definition) is 0. The molecule has 1 aromatic heterocycles. The summed E-state index contributed by atoms with van der Waals surface area (Å²) in [4.78, 5) is 7.06. The van der Waals surface area contributed by atoms with Crippen molar-refractivity contribution in [2.75, 3.05) is 13.6 Å². The second-order valence-corrected chi connectivity index (χ2v) is 6.67. The molecule has 0 aliphatic heterocycles. The molecule has 1 heterocycles. The lowest BCUT2D eigenvalue weighted by atomic mass is 10.3. The van der Waals surface area contributed by atoms with Crippen molar-refractivity contribution < 1.29 is 0 Å². The molecule has 0 N–H and O–H groups in total. The van der Waals surface area contributed by atoms with E-state index in [0.717, 1.165) is 36.0 Å². The average Bonchev–Trinajstić information content (AvgIpc) is 3.18. The second-order valence-electron chi connectivity index (χ2n) is 5.58. The van der Waals surface area contributed by atoms with E-state index in [2.05, 4.69) is 21.5 Å². The quantitative estimate of drug-likeness (QED) is 0.776. The van der Waals surface area contributed by atoms with E-state index in [4.69, 9.17) is 23.2 Å². The van der Waals surface area contributed by atoms with Gasteiger partial charge in [0.2, 0.25) is 0 Å². The molecule has 20 heavy (non-hydrogen) atoms. The molecular weight excluding hydrogens is 293 g/mol. The first-order valence-electron chi connectivity index (χ1n) is 7.06. The van der Waals surface area contributed by atoms with E-state index in [9.17, 15) is 0 Å². The predicted molar refractivity (Wildman–Crippen MR) is 84.7 cm³/mol. The highest BCUT2D eigenvalue weighted by Crippen LogP contribution is 2.28. The largest absolute Gasteiger partial charge is 0.325 e. The summed E-state index contributed by atoms with van der Waals surface area (Å²) in [6.45, 7) is 3.90. The van der Waals surface area contributed by atoms with E-state index in [1.807, 2.05) is 25.1 Å². The first kappa shape index (κ1) is 14.2. The van der Waals surface area contributed by atoms with Crippen molar-refractivity contribution in [3.8, 4) is 0 Å². The van der Waals surface area contributed by atoms with Gasteiger partial charge in [0.1, 0.15) is 5.82 Å². The average molecular weight is 312 g/mol. The maximum Gasteiger partial charge on any atom is 0.127 e. The van der Waals surface area contributed by atoms with Crippen LogP contribution in [0.15, 0.2) is 18.2 Å². The fourth-order valence-corrected chi connectivity index (χ4v) is 2.95. The minimum absolute atomic E-state index is 0.104. The number of alkyl halides is 1. The molecule has 1 saturated carbocycles. The third kappa shape index (κ3) is 2.80. The van der Waals surface area contributed by atoms with Gasteiger partial charge in [-0.2, -0.15) is 0 Å². The third-order valence-corrected chi connectivity index (χ3v) is 4.37. The van der Waals surface area contributed by atoms with Gasteiger partial charge in [0.15, 0.2) is 0 Å². The topological polar surface area (TPSA) is 21.1 Å². The van der Waals surface area contributed by atoms with Crippen LogP contribution in [0.1, 0.15) is 31.0 Å². The molecule has 2 aromatic rings. The molecule has 3 rings (SSSR count). The lowest BCUT2D eigenvalue weighted by Crippen LogP contribution is -2.25. The summed E-state index contributed by atoms with van der Waals surface area (Å²) >= 11 is 12.3. The molecule has 108 valence electrons. The minimum Gasteiger partial charge on any atom is -0.325 e. The Morgan fingerprint density at radius 2 is 2.20 bits per heavy atom. The zero-order valence-electron chi connectivity index (χ0n) is 11.8. The molecule has 1 fully saturated rings. The van der Waals surface area contributed by atoms with Gasteiger partial charge < -0.3 is 9.47 Å². The van der Waals surface area contributed by atoms with Gasteiger partial charge in [-0.15, -0.1) is 11.6 Å². The summed E-state index contributed by atoms with van der Waals surface area (Å²) in [6.07, 6.45) is 2.66. The molecule has 0 saturated heterocycles. The molecule has 1 atom stereocenters. The summed E-state index contributed by atoms with van der Waals surface area (Å²) in [5.41, 5.74) is 2.04. The van der Waals surface area contributed by atoms with Crippen LogP contribution in [0.4, 0.5) is 0 Å². The molecule has 0 amide bonds. The molecule has 1 aliphatic rings. The lowest BCUT2D eigenvalue weighted by molar-refractivity contribution is 0.309. The van der Waals surface area contributed by atoms with Crippen molar-refractivity contribution in [3.05, 3.63) is 29.0 Å². The molecule has 1 aliphatic carbocycles. The van der Waals surface area contributed by atoms with E-state index < -0.39 is 0 Å². The summed E-state index contributed by atoms with van der Waals surface area (Å²) < 4.78 is 2.22. The van der Waals surface area contributed by atoms with E-state index in [1.54, 1.807) is 0 Å². The highest BCUT2D eigenvalue weighted by molar-refractivity contribution is 6.31. The zero-order valence-corrected chi connectivity index (χ0v) is 13.3. The maximum absolute atomic E-state index is 6.28. The van der Waals surface area contributed by atoms with Crippen molar-refractivity contribution in [1.82, 2.24) is 14.5 Å². The van der Waals surface area contributed by atoms with Gasteiger partial charge in [-0.1, -0.05) is 11.6 Å². The monoisotopic (exact) mass is 311 g/mol. The number of hydrogen-bond acceptors (Lipinski definition) is 2. The summed E-state index contributed by atoms with van der Waals surface area (Å²) in [5.74, 6) is 0.924. The maximum atomic E-state index is 6.28. The first-order chi connectivity index (χ1) is 9.56. The van der Waals surface area contributed by atoms with Crippen LogP contribution < -0.4 is 0 Å². The molecule has 1 aromatic carbocycles. The van der Waals surface area contributed by atoms with Crippen LogP contribution >= 0.6 is 23.2 Å². The Kier molecular flexibility index (Phi) is 3.93. The summed E-state index contributed by atoms with van der Waals surface area (Å²) in [6, 6.07) is 6.62. The van der Waals surface area contributed by atoms with Gasteiger partial charge in [0.25, 0.3) is 0 Å². The van der Waals surface area contributed by atoms with Crippen molar-refractivity contribution in [1.29, 1.82) is 0 Å². The number of fused-ring (bicyclic) bond motifs is 1. The highest BCUT2D eigenvalue weighted by Gasteiger charge is 2.26. The van der Waals surface area contributed by atoms with Crippen LogP contribution in [-0.4, -0.2) is 34.1 Å². The Balaban J connectivity index is 1.91. The highest BCUT2D eigenvalue weighted by atomic mass is 35.5. The van der Waals surface area contributed by atoms with E-state index in [-0.39, 0.29) is 5.38 Å². The van der Waals surface area contributed by atoms with E-state index in [0.29, 0.717) is 5.02 Å². The Morgan fingerprint density at radius 3 is 2.85 bits per heavy atom. The normalized spacial score (nSPS) is 17.1. The second kappa shape index (κ2) is 5.55. The molecular formula is C15H19Cl2N3. The van der Waals surface area contributed by atoms with Crippen LogP contribution in [0, 0.1) is 0 Å². The minimum atomic E-state index is -0.104. The fourth-order valence-electron chi connectivity index (χ4n) is 2.62. The molecule has 0 radical (unpaired) electrons. The Bertz CT molecular complexity index is 617. The molecule has 3 nitrogen and oxygen atoms in total. The van der Waals surface area contributed by atoms with Crippen LogP contribution in [0.2, 0.25) is 5.02 Å². The SMILES string of the molecule is CC(Cl)c1nc2cc(Cl)ccc2n1CCN(C)C1CC1. The van der Waals surface area contributed by atoms with Crippen LogP contribution in [-0.2, 0) is 6.54 Å². The first-order valence-corrected chi connectivity index (χ1v) is 7.87.